The van der Waals surface area contributed by atoms with Gasteiger partial charge in [0.2, 0.25) is 0 Å². The standard InChI is InChI=1S/C12H23NO/c1-2-9-4-3-5-11(6-9)14-12-7-10(13)8-12/h9-12H,2-8,13H2,1H3. The lowest BCUT2D eigenvalue weighted by atomic mass is 9.84. The molecular weight excluding hydrogens is 174 g/mol. The van der Waals surface area contributed by atoms with Gasteiger partial charge in [-0.25, -0.2) is 0 Å². The van der Waals surface area contributed by atoms with Crippen molar-refractivity contribution in [1.82, 2.24) is 0 Å². The van der Waals surface area contributed by atoms with Crippen molar-refractivity contribution >= 4 is 0 Å². The molecule has 14 heavy (non-hydrogen) atoms. The van der Waals surface area contributed by atoms with E-state index in [0.29, 0.717) is 18.2 Å². The molecular formula is C12H23NO. The Morgan fingerprint density at radius 1 is 1.14 bits per heavy atom. The summed E-state index contributed by atoms with van der Waals surface area (Å²) in [5, 5.41) is 0. The second-order valence-corrected chi connectivity index (χ2v) is 5.05. The zero-order chi connectivity index (χ0) is 9.97. The molecule has 2 unspecified atom stereocenters. The summed E-state index contributed by atoms with van der Waals surface area (Å²) in [4.78, 5) is 0. The minimum atomic E-state index is 0.422. The van der Waals surface area contributed by atoms with Crippen molar-refractivity contribution in [1.29, 1.82) is 0 Å². The van der Waals surface area contributed by atoms with Crippen LogP contribution in [0.15, 0.2) is 0 Å². The monoisotopic (exact) mass is 197 g/mol. The third-order valence-electron chi connectivity index (χ3n) is 3.83. The highest BCUT2D eigenvalue weighted by atomic mass is 16.5. The van der Waals surface area contributed by atoms with E-state index in [1.165, 1.54) is 32.1 Å². The molecule has 0 amide bonds. The molecule has 2 heteroatoms. The molecule has 0 aromatic carbocycles. The van der Waals surface area contributed by atoms with Gasteiger partial charge < -0.3 is 10.5 Å². The predicted octanol–water partition coefficient (Wildman–Crippen LogP) is 2.46. The Morgan fingerprint density at radius 3 is 2.57 bits per heavy atom. The molecule has 0 heterocycles. The molecule has 0 aromatic rings. The summed E-state index contributed by atoms with van der Waals surface area (Å²) >= 11 is 0. The van der Waals surface area contributed by atoms with Gasteiger partial charge in [-0.2, -0.15) is 0 Å². The highest BCUT2D eigenvalue weighted by molar-refractivity contribution is 4.85. The van der Waals surface area contributed by atoms with Gasteiger partial charge in [0.05, 0.1) is 12.2 Å². The second-order valence-electron chi connectivity index (χ2n) is 5.05. The largest absolute Gasteiger partial charge is 0.375 e. The van der Waals surface area contributed by atoms with E-state index in [9.17, 15) is 0 Å². The smallest absolute Gasteiger partial charge is 0.0608 e. The molecule has 0 saturated heterocycles. The van der Waals surface area contributed by atoms with Crippen LogP contribution in [0.1, 0.15) is 51.9 Å². The van der Waals surface area contributed by atoms with Crippen LogP contribution < -0.4 is 5.73 Å². The van der Waals surface area contributed by atoms with Crippen LogP contribution in [0.3, 0.4) is 0 Å². The van der Waals surface area contributed by atoms with Gasteiger partial charge in [0.15, 0.2) is 0 Å². The molecule has 2 rings (SSSR count). The fourth-order valence-electron chi connectivity index (χ4n) is 2.73. The average Bonchev–Trinajstić information content (AvgIpc) is 2.16. The highest BCUT2D eigenvalue weighted by Gasteiger charge is 2.31. The molecule has 0 spiro atoms. The lowest BCUT2D eigenvalue weighted by Crippen LogP contribution is -2.44. The van der Waals surface area contributed by atoms with E-state index in [4.69, 9.17) is 10.5 Å². The fourth-order valence-corrected chi connectivity index (χ4v) is 2.73. The van der Waals surface area contributed by atoms with Crippen molar-refractivity contribution in [2.75, 3.05) is 0 Å². The molecule has 0 aromatic heterocycles. The van der Waals surface area contributed by atoms with Crippen molar-refractivity contribution in [2.45, 2.75) is 70.1 Å². The SMILES string of the molecule is CCC1CCCC(OC2CC(N)C2)C1. The van der Waals surface area contributed by atoms with E-state index >= 15 is 0 Å². The number of nitrogens with two attached hydrogens (primary N) is 1. The molecule has 0 aliphatic heterocycles. The van der Waals surface area contributed by atoms with Crippen molar-refractivity contribution < 1.29 is 4.74 Å². The van der Waals surface area contributed by atoms with Crippen molar-refractivity contribution in [3.05, 3.63) is 0 Å². The lowest BCUT2D eigenvalue weighted by molar-refractivity contribution is -0.0791. The van der Waals surface area contributed by atoms with Crippen LogP contribution in [0.25, 0.3) is 0 Å². The zero-order valence-corrected chi connectivity index (χ0v) is 9.24. The van der Waals surface area contributed by atoms with E-state index in [2.05, 4.69) is 6.92 Å². The molecule has 2 nitrogen and oxygen atoms in total. The van der Waals surface area contributed by atoms with Gasteiger partial charge >= 0.3 is 0 Å². The van der Waals surface area contributed by atoms with Crippen LogP contribution in [0.5, 0.6) is 0 Å². The third kappa shape index (κ3) is 2.48. The predicted molar refractivity (Wildman–Crippen MR) is 58.1 cm³/mol. The van der Waals surface area contributed by atoms with E-state index in [0.717, 1.165) is 18.8 Å². The molecule has 2 atom stereocenters. The first-order valence-corrected chi connectivity index (χ1v) is 6.19. The topological polar surface area (TPSA) is 35.2 Å². The molecule has 0 bridgehead atoms. The Morgan fingerprint density at radius 2 is 1.93 bits per heavy atom. The number of hydrogen-bond donors (Lipinski definition) is 1. The van der Waals surface area contributed by atoms with Gasteiger partial charge in [-0.3, -0.25) is 0 Å². The van der Waals surface area contributed by atoms with Crippen LogP contribution >= 0.6 is 0 Å². The molecule has 0 radical (unpaired) electrons. The summed E-state index contributed by atoms with van der Waals surface area (Å²) in [6.45, 7) is 2.30. The maximum absolute atomic E-state index is 6.05. The number of hydrogen-bond acceptors (Lipinski definition) is 2. The maximum Gasteiger partial charge on any atom is 0.0608 e. The fraction of sp³-hybridized carbons (Fsp3) is 1.00. The summed E-state index contributed by atoms with van der Waals surface area (Å²) in [6, 6.07) is 0.422. The van der Waals surface area contributed by atoms with E-state index < -0.39 is 0 Å². The third-order valence-corrected chi connectivity index (χ3v) is 3.83. The molecule has 2 aliphatic rings. The van der Waals surface area contributed by atoms with Gasteiger partial charge in [0.1, 0.15) is 0 Å². The van der Waals surface area contributed by atoms with Gasteiger partial charge in [0, 0.05) is 6.04 Å². The molecule has 2 fully saturated rings. The van der Waals surface area contributed by atoms with Crippen LogP contribution in [-0.4, -0.2) is 18.2 Å². The lowest BCUT2D eigenvalue weighted by Gasteiger charge is -2.38. The quantitative estimate of drug-likeness (QED) is 0.754. The van der Waals surface area contributed by atoms with E-state index in [1.807, 2.05) is 0 Å². The van der Waals surface area contributed by atoms with Crippen molar-refractivity contribution in [2.24, 2.45) is 11.7 Å². The maximum atomic E-state index is 6.05. The molecule has 2 aliphatic carbocycles. The first kappa shape index (κ1) is 10.4. The normalized spacial score (nSPS) is 43.3. The molecule has 2 saturated carbocycles. The minimum Gasteiger partial charge on any atom is -0.375 e. The molecule has 2 N–H and O–H groups in total. The van der Waals surface area contributed by atoms with Crippen LogP contribution in [-0.2, 0) is 4.74 Å². The van der Waals surface area contributed by atoms with Crippen molar-refractivity contribution in [3.8, 4) is 0 Å². The van der Waals surface area contributed by atoms with E-state index in [-0.39, 0.29) is 0 Å². The zero-order valence-electron chi connectivity index (χ0n) is 9.24. The van der Waals surface area contributed by atoms with Crippen LogP contribution in [0, 0.1) is 5.92 Å². The summed E-state index contributed by atoms with van der Waals surface area (Å²) in [7, 11) is 0. The second kappa shape index (κ2) is 4.63. The Hall–Kier alpha value is -0.0800. The summed E-state index contributed by atoms with van der Waals surface area (Å²) in [5.74, 6) is 0.919. The Bertz CT molecular complexity index is 177. The van der Waals surface area contributed by atoms with Gasteiger partial charge in [-0.1, -0.05) is 26.2 Å². The first-order chi connectivity index (χ1) is 6.78. The Labute approximate surface area is 87.2 Å². The van der Waals surface area contributed by atoms with Gasteiger partial charge in [-0.15, -0.1) is 0 Å². The number of rotatable bonds is 3. The van der Waals surface area contributed by atoms with Gasteiger partial charge in [0.25, 0.3) is 0 Å². The minimum absolute atomic E-state index is 0.422. The van der Waals surface area contributed by atoms with Crippen LogP contribution in [0.4, 0.5) is 0 Å². The average molecular weight is 197 g/mol. The summed E-state index contributed by atoms with van der Waals surface area (Å²) in [6.07, 6.45) is 9.90. The summed E-state index contributed by atoms with van der Waals surface area (Å²) < 4.78 is 6.05. The Kier molecular flexibility index (Phi) is 3.45. The van der Waals surface area contributed by atoms with Crippen LogP contribution in [0.2, 0.25) is 0 Å². The van der Waals surface area contributed by atoms with Crippen molar-refractivity contribution in [3.63, 3.8) is 0 Å². The first-order valence-electron chi connectivity index (χ1n) is 6.19. The number of ether oxygens (including phenoxy) is 1. The highest BCUT2D eigenvalue weighted by Crippen LogP contribution is 2.32. The van der Waals surface area contributed by atoms with E-state index in [1.54, 1.807) is 0 Å². The molecule has 82 valence electrons. The summed E-state index contributed by atoms with van der Waals surface area (Å²) in [5.41, 5.74) is 5.75. The van der Waals surface area contributed by atoms with Gasteiger partial charge in [-0.05, 0) is 31.6 Å². The Balaban J connectivity index is 1.69.